The van der Waals surface area contributed by atoms with Crippen LogP contribution in [0.15, 0.2) is 39.8 Å². The largest absolute Gasteiger partial charge is 0.361 e. The van der Waals surface area contributed by atoms with E-state index in [1.54, 1.807) is 28.6 Å². The Balaban J connectivity index is 2.02. The standard InChI is InChI=1S/C15H18N2O3S/c1-11-15(12(2)20-16-11)14-9-6-10-17(14)21(18,19)13-7-4-3-5-8-13/h3-5,7-8,14H,6,9-10H2,1-2H3. The van der Waals surface area contributed by atoms with Gasteiger partial charge in [0.25, 0.3) is 0 Å². The zero-order chi connectivity index (χ0) is 15.0. The molecule has 0 bridgehead atoms. The van der Waals surface area contributed by atoms with Crippen molar-refractivity contribution in [3.8, 4) is 0 Å². The molecule has 1 fully saturated rings. The summed E-state index contributed by atoms with van der Waals surface area (Å²) in [7, 11) is -3.48. The molecule has 0 saturated carbocycles. The van der Waals surface area contributed by atoms with Gasteiger partial charge in [-0.1, -0.05) is 23.4 Å². The molecule has 0 amide bonds. The predicted octanol–water partition coefficient (Wildman–Crippen LogP) is 2.82. The predicted molar refractivity (Wildman–Crippen MR) is 78.3 cm³/mol. The second kappa shape index (κ2) is 5.27. The molecule has 1 unspecified atom stereocenters. The molecule has 0 spiro atoms. The highest BCUT2D eigenvalue weighted by Gasteiger charge is 2.38. The molecular weight excluding hydrogens is 288 g/mol. The lowest BCUT2D eigenvalue weighted by Crippen LogP contribution is -2.31. The van der Waals surface area contributed by atoms with Crippen LogP contribution in [0.1, 0.15) is 35.9 Å². The van der Waals surface area contributed by atoms with Crippen molar-refractivity contribution in [2.45, 2.75) is 37.6 Å². The Hall–Kier alpha value is -1.66. The van der Waals surface area contributed by atoms with Gasteiger partial charge < -0.3 is 4.52 Å². The van der Waals surface area contributed by atoms with E-state index in [0.29, 0.717) is 17.2 Å². The average Bonchev–Trinajstić information content (AvgIpc) is 3.07. The van der Waals surface area contributed by atoms with Crippen LogP contribution in [0.4, 0.5) is 0 Å². The van der Waals surface area contributed by atoms with Crippen LogP contribution in [-0.2, 0) is 10.0 Å². The molecule has 0 aliphatic carbocycles. The first-order valence-corrected chi connectivity index (χ1v) is 8.45. The number of benzene rings is 1. The number of aryl methyl sites for hydroxylation is 2. The maximum atomic E-state index is 12.8. The van der Waals surface area contributed by atoms with Gasteiger partial charge in [-0.2, -0.15) is 4.31 Å². The molecule has 0 radical (unpaired) electrons. The van der Waals surface area contributed by atoms with Crippen LogP contribution in [-0.4, -0.2) is 24.4 Å². The minimum absolute atomic E-state index is 0.179. The molecule has 1 aromatic heterocycles. The van der Waals surface area contributed by atoms with Gasteiger partial charge in [0.05, 0.1) is 16.6 Å². The highest BCUT2D eigenvalue weighted by Crippen LogP contribution is 2.39. The van der Waals surface area contributed by atoms with Crippen LogP contribution in [0.3, 0.4) is 0 Å². The third-order valence-corrected chi connectivity index (χ3v) is 5.90. The van der Waals surface area contributed by atoms with Crippen molar-refractivity contribution in [3.05, 3.63) is 47.3 Å². The van der Waals surface area contributed by atoms with Gasteiger partial charge in [-0.05, 0) is 38.8 Å². The molecular formula is C15H18N2O3S. The Kier molecular flexibility index (Phi) is 3.59. The van der Waals surface area contributed by atoms with E-state index in [-0.39, 0.29) is 6.04 Å². The van der Waals surface area contributed by atoms with Crippen LogP contribution in [0.2, 0.25) is 0 Å². The first-order valence-electron chi connectivity index (χ1n) is 7.01. The fraction of sp³-hybridized carbons (Fsp3) is 0.400. The van der Waals surface area contributed by atoms with Crippen molar-refractivity contribution in [2.75, 3.05) is 6.54 Å². The molecule has 1 aliphatic rings. The Bertz CT molecular complexity index is 718. The van der Waals surface area contributed by atoms with Crippen LogP contribution < -0.4 is 0 Å². The molecule has 1 aliphatic heterocycles. The van der Waals surface area contributed by atoms with Gasteiger partial charge in [0.2, 0.25) is 10.0 Å². The molecule has 5 nitrogen and oxygen atoms in total. The molecule has 21 heavy (non-hydrogen) atoms. The topological polar surface area (TPSA) is 63.4 Å². The maximum absolute atomic E-state index is 12.8. The van der Waals surface area contributed by atoms with Gasteiger partial charge in [0, 0.05) is 12.1 Å². The van der Waals surface area contributed by atoms with Crippen molar-refractivity contribution in [2.24, 2.45) is 0 Å². The molecule has 2 heterocycles. The van der Waals surface area contributed by atoms with Gasteiger partial charge in [-0.3, -0.25) is 0 Å². The number of sulfonamides is 1. The van der Waals surface area contributed by atoms with Crippen LogP contribution >= 0.6 is 0 Å². The average molecular weight is 306 g/mol. The van der Waals surface area contributed by atoms with Gasteiger partial charge in [0.15, 0.2) is 0 Å². The lowest BCUT2D eigenvalue weighted by molar-refractivity contribution is 0.376. The van der Waals surface area contributed by atoms with Crippen molar-refractivity contribution >= 4 is 10.0 Å². The number of nitrogens with zero attached hydrogens (tertiary/aromatic N) is 2. The third kappa shape index (κ3) is 2.38. The molecule has 1 saturated heterocycles. The number of aromatic nitrogens is 1. The summed E-state index contributed by atoms with van der Waals surface area (Å²) in [5, 5.41) is 3.95. The molecule has 2 aromatic rings. The Morgan fingerprint density at radius 1 is 1.24 bits per heavy atom. The lowest BCUT2D eigenvalue weighted by atomic mass is 10.0. The van der Waals surface area contributed by atoms with E-state index in [0.717, 1.165) is 24.1 Å². The minimum atomic E-state index is -3.48. The van der Waals surface area contributed by atoms with Crippen molar-refractivity contribution in [1.29, 1.82) is 0 Å². The second-order valence-corrected chi connectivity index (χ2v) is 7.22. The minimum Gasteiger partial charge on any atom is -0.361 e. The van der Waals surface area contributed by atoms with E-state index in [2.05, 4.69) is 5.16 Å². The Labute approximate surface area is 124 Å². The molecule has 0 N–H and O–H groups in total. The summed E-state index contributed by atoms with van der Waals surface area (Å²) in [5.41, 5.74) is 1.68. The normalized spacial score (nSPS) is 20.0. The Morgan fingerprint density at radius 3 is 2.57 bits per heavy atom. The van der Waals surface area contributed by atoms with Gasteiger partial charge in [-0.15, -0.1) is 0 Å². The zero-order valence-electron chi connectivity index (χ0n) is 12.1. The quantitative estimate of drug-likeness (QED) is 0.874. The lowest BCUT2D eigenvalue weighted by Gasteiger charge is -2.24. The number of rotatable bonds is 3. The molecule has 112 valence electrons. The van der Waals surface area contributed by atoms with Crippen molar-refractivity contribution in [3.63, 3.8) is 0 Å². The molecule has 1 aromatic carbocycles. The highest BCUT2D eigenvalue weighted by molar-refractivity contribution is 7.89. The van der Waals surface area contributed by atoms with E-state index >= 15 is 0 Å². The van der Waals surface area contributed by atoms with Crippen molar-refractivity contribution < 1.29 is 12.9 Å². The van der Waals surface area contributed by atoms with E-state index in [1.807, 2.05) is 19.9 Å². The van der Waals surface area contributed by atoms with E-state index in [9.17, 15) is 8.42 Å². The smallest absolute Gasteiger partial charge is 0.243 e. The monoisotopic (exact) mass is 306 g/mol. The first kappa shape index (κ1) is 14.3. The van der Waals surface area contributed by atoms with Gasteiger partial charge >= 0.3 is 0 Å². The van der Waals surface area contributed by atoms with E-state index in [4.69, 9.17) is 4.52 Å². The molecule has 1 atom stereocenters. The Morgan fingerprint density at radius 2 is 1.95 bits per heavy atom. The summed E-state index contributed by atoms with van der Waals surface area (Å²) in [6, 6.07) is 8.40. The van der Waals surface area contributed by atoms with Crippen LogP contribution in [0.5, 0.6) is 0 Å². The zero-order valence-corrected chi connectivity index (χ0v) is 12.9. The number of hydrogen-bond donors (Lipinski definition) is 0. The molecule has 6 heteroatoms. The number of hydrogen-bond acceptors (Lipinski definition) is 4. The fourth-order valence-electron chi connectivity index (χ4n) is 3.01. The fourth-order valence-corrected chi connectivity index (χ4v) is 4.70. The van der Waals surface area contributed by atoms with Gasteiger partial charge in [-0.25, -0.2) is 8.42 Å². The summed E-state index contributed by atoms with van der Waals surface area (Å²) < 4.78 is 32.5. The molecule has 3 rings (SSSR count). The summed E-state index contributed by atoms with van der Waals surface area (Å²) in [4.78, 5) is 0.337. The first-order chi connectivity index (χ1) is 10.0. The van der Waals surface area contributed by atoms with Gasteiger partial charge in [0.1, 0.15) is 5.76 Å². The summed E-state index contributed by atoms with van der Waals surface area (Å²) >= 11 is 0. The van der Waals surface area contributed by atoms with Crippen LogP contribution in [0, 0.1) is 13.8 Å². The third-order valence-electron chi connectivity index (χ3n) is 3.98. The maximum Gasteiger partial charge on any atom is 0.243 e. The van der Waals surface area contributed by atoms with Crippen LogP contribution in [0.25, 0.3) is 0 Å². The second-order valence-electron chi connectivity index (χ2n) is 5.32. The summed E-state index contributed by atoms with van der Waals surface area (Å²) in [6.07, 6.45) is 1.65. The van der Waals surface area contributed by atoms with E-state index in [1.165, 1.54) is 0 Å². The summed E-state index contributed by atoms with van der Waals surface area (Å²) in [6.45, 7) is 4.23. The SMILES string of the molecule is Cc1noc(C)c1C1CCCN1S(=O)(=O)c1ccccc1. The van der Waals surface area contributed by atoms with E-state index < -0.39 is 10.0 Å². The summed E-state index contributed by atoms with van der Waals surface area (Å²) in [5.74, 6) is 0.702. The van der Waals surface area contributed by atoms with Crippen molar-refractivity contribution in [1.82, 2.24) is 9.46 Å². The highest BCUT2D eigenvalue weighted by atomic mass is 32.2.